The summed E-state index contributed by atoms with van der Waals surface area (Å²) in [5.74, 6) is 0.921. The normalized spacial score (nSPS) is 14.3. The van der Waals surface area contributed by atoms with E-state index >= 15 is 0 Å². The van der Waals surface area contributed by atoms with Crippen molar-refractivity contribution < 1.29 is 9.59 Å². The fraction of sp³-hybridized carbons (Fsp3) is 0.316. The zero-order chi connectivity index (χ0) is 17.6. The van der Waals surface area contributed by atoms with Gasteiger partial charge in [0.1, 0.15) is 5.82 Å². The average molecular weight is 338 g/mol. The summed E-state index contributed by atoms with van der Waals surface area (Å²) in [5.41, 5.74) is 1.67. The van der Waals surface area contributed by atoms with Crippen LogP contribution in [0.25, 0.3) is 0 Å². The molecular formula is C19H22N4O2. The molecule has 0 atom stereocenters. The Labute approximate surface area is 147 Å². The number of amides is 2. The number of rotatable bonds is 4. The standard InChI is InChI=1S/C19H22N4O2/c1-15(24)22-9-11-23(12-10-22)18-8-7-17(14-20-18)21-19(25)13-16-5-3-2-4-6-16/h2-8,14H,9-13H2,1H3,(H,21,25). The summed E-state index contributed by atoms with van der Waals surface area (Å²) in [4.78, 5) is 31.9. The molecule has 6 heteroatoms. The highest BCUT2D eigenvalue weighted by molar-refractivity contribution is 5.92. The lowest BCUT2D eigenvalue weighted by Gasteiger charge is -2.34. The van der Waals surface area contributed by atoms with E-state index in [1.165, 1.54) is 0 Å². The first kappa shape index (κ1) is 17.0. The zero-order valence-corrected chi connectivity index (χ0v) is 14.3. The molecule has 0 saturated carbocycles. The lowest BCUT2D eigenvalue weighted by atomic mass is 10.1. The maximum absolute atomic E-state index is 12.1. The molecule has 1 saturated heterocycles. The van der Waals surface area contributed by atoms with E-state index in [0.717, 1.165) is 24.5 Å². The molecular weight excluding hydrogens is 316 g/mol. The molecule has 3 rings (SSSR count). The third-order valence-electron chi connectivity index (χ3n) is 4.29. The number of pyridine rings is 1. The first-order valence-electron chi connectivity index (χ1n) is 8.42. The number of nitrogens with one attached hydrogen (secondary N) is 1. The molecule has 1 aromatic heterocycles. The van der Waals surface area contributed by atoms with Gasteiger partial charge in [-0.2, -0.15) is 0 Å². The Morgan fingerprint density at radius 3 is 2.36 bits per heavy atom. The van der Waals surface area contributed by atoms with Crippen LogP contribution in [0.3, 0.4) is 0 Å². The van der Waals surface area contributed by atoms with Crippen LogP contribution < -0.4 is 10.2 Å². The molecule has 1 fully saturated rings. The minimum absolute atomic E-state index is 0.0594. The van der Waals surface area contributed by atoms with Gasteiger partial charge in [-0.05, 0) is 17.7 Å². The van der Waals surface area contributed by atoms with Crippen molar-refractivity contribution in [3.63, 3.8) is 0 Å². The lowest BCUT2D eigenvalue weighted by molar-refractivity contribution is -0.129. The van der Waals surface area contributed by atoms with Crippen LogP contribution in [0.5, 0.6) is 0 Å². The van der Waals surface area contributed by atoms with Crippen molar-refractivity contribution in [1.82, 2.24) is 9.88 Å². The summed E-state index contributed by atoms with van der Waals surface area (Å²) in [6.07, 6.45) is 2.02. The molecule has 0 unspecified atom stereocenters. The summed E-state index contributed by atoms with van der Waals surface area (Å²) in [6, 6.07) is 13.4. The predicted octanol–water partition coefficient (Wildman–Crippen LogP) is 1.93. The van der Waals surface area contributed by atoms with Crippen LogP contribution in [-0.2, 0) is 16.0 Å². The highest BCUT2D eigenvalue weighted by atomic mass is 16.2. The number of carbonyl (C=O) groups is 2. The molecule has 1 aromatic carbocycles. The molecule has 2 aromatic rings. The molecule has 0 aliphatic carbocycles. The molecule has 1 N–H and O–H groups in total. The van der Waals surface area contributed by atoms with E-state index in [-0.39, 0.29) is 11.8 Å². The highest BCUT2D eigenvalue weighted by Gasteiger charge is 2.19. The number of hydrogen-bond acceptors (Lipinski definition) is 4. The van der Waals surface area contributed by atoms with Gasteiger partial charge in [-0.25, -0.2) is 4.98 Å². The molecule has 2 heterocycles. The van der Waals surface area contributed by atoms with Crippen LogP contribution in [0.4, 0.5) is 11.5 Å². The molecule has 0 spiro atoms. The fourth-order valence-corrected chi connectivity index (χ4v) is 2.88. The van der Waals surface area contributed by atoms with Gasteiger partial charge in [-0.1, -0.05) is 30.3 Å². The van der Waals surface area contributed by atoms with Crippen molar-refractivity contribution in [2.75, 3.05) is 36.4 Å². The summed E-state index contributed by atoms with van der Waals surface area (Å²) in [6.45, 7) is 4.57. The van der Waals surface area contributed by atoms with E-state index in [1.54, 1.807) is 13.1 Å². The largest absolute Gasteiger partial charge is 0.353 e. The van der Waals surface area contributed by atoms with E-state index in [2.05, 4.69) is 15.2 Å². The number of nitrogens with zero attached hydrogens (tertiary/aromatic N) is 3. The maximum atomic E-state index is 12.1. The smallest absolute Gasteiger partial charge is 0.228 e. The number of carbonyl (C=O) groups excluding carboxylic acids is 2. The van der Waals surface area contributed by atoms with Gasteiger partial charge in [0.05, 0.1) is 18.3 Å². The van der Waals surface area contributed by atoms with E-state index in [4.69, 9.17) is 0 Å². The van der Waals surface area contributed by atoms with Gasteiger partial charge in [0.2, 0.25) is 11.8 Å². The molecule has 130 valence electrons. The van der Waals surface area contributed by atoms with Crippen LogP contribution >= 0.6 is 0 Å². The number of anilines is 2. The Morgan fingerprint density at radius 2 is 1.76 bits per heavy atom. The Hall–Kier alpha value is -2.89. The van der Waals surface area contributed by atoms with Crippen LogP contribution in [0.1, 0.15) is 12.5 Å². The molecule has 1 aliphatic rings. The summed E-state index contributed by atoms with van der Waals surface area (Å²) < 4.78 is 0. The van der Waals surface area contributed by atoms with Crippen molar-refractivity contribution in [2.45, 2.75) is 13.3 Å². The second-order valence-electron chi connectivity index (χ2n) is 6.11. The minimum atomic E-state index is -0.0594. The molecule has 25 heavy (non-hydrogen) atoms. The van der Waals surface area contributed by atoms with Crippen LogP contribution in [0, 0.1) is 0 Å². The van der Waals surface area contributed by atoms with E-state index in [9.17, 15) is 9.59 Å². The van der Waals surface area contributed by atoms with Gasteiger partial charge in [0, 0.05) is 33.1 Å². The first-order chi connectivity index (χ1) is 12.1. The van der Waals surface area contributed by atoms with Crippen LogP contribution in [0.15, 0.2) is 48.7 Å². The van der Waals surface area contributed by atoms with E-state index in [0.29, 0.717) is 25.2 Å². The Morgan fingerprint density at radius 1 is 1.04 bits per heavy atom. The molecule has 2 amide bonds. The van der Waals surface area contributed by atoms with Gasteiger partial charge < -0.3 is 15.1 Å². The number of hydrogen-bond donors (Lipinski definition) is 1. The quantitative estimate of drug-likeness (QED) is 0.925. The topological polar surface area (TPSA) is 65.5 Å². The lowest BCUT2D eigenvalue weighted by Crippen LogP contribution is -2.48. The minimum Gasteiger partial charge on any atom is -0.353 e. The van der Waals surface area contributed by atoms with Crippen LogP contribution in [-0.4, -0.2) is 47.9 Å². The predicted molar refractivity (Wildman–Crippen MR) is 97.5 cm³/mol. The second-order valence-corrected chi connectivity index (χ2v) is 6.11. The zero-order valence-electron chi connectivity index (χ0n) is 14.3. The van der Waals surface area contributed by atoms with Gasteiger partial charge >= 0.3 is 0 Å². The molecule has 6 nitrogen and oxygen atoms in total. The van der Waals surface area contributed by atoms with Crippen molar-refractivity contribution >= 4 is 23.3 Å². The number of piperazine rings is 1. The highest BCUT2D eigenvalue weighted by Crippen LogP contribution is 2.16. The van der Waals surface area contributed by atoms with E-state index in [1.807, 2.05) is 47.4 Å². The third-order valence-corrected chi connectivity index (χ3v) is 4.29. The first-order valence-corrected chi connectivity index (χ1v) is 8.42. The Bertz CT molecular complexity index is 723. The summed E-state index contributed by atoms with van der Waals surface area (Å²) in [7, 11) is 0. The molecule has 0 radical (unpaired) electrons. The van der Waals surface area contributed by atoms with Crippen molar-refractivity contribution in [3.05, 3.63) is 54.2 Å². The van der Waals surface area contributed by atoms with E-state index < -0.39 is 0 Å². The second kappa shape index (κ2) is 7.79. The van der Waals surface area contributed by atoms with Gasteiger partial charge in [-0.3, -0.25) is 9.59 Å². The number of benzene rings is 1. The number of aromatic nitrogens is 1. The van der Waals surface area contributed by atoms with Gasteiger partial charge in [0.15, 0.2) is 0 Å². The average Bonchev–Trinajstić information content (AvgIpc) is 2.63. The fourth-order valence-electron chi connectivity index (χ4n) is 2.88. The molecule has 0 bridgehead atoms. The Kier molecular flexibility index (Phi) is 5.28. The van der Waals surface area contributed by atoms with Crippen molar-refractivity contribution in [3.8, 4) is 0 Å². The van der Waals surface area contributed by atoms with Crippen molar-refractivity contribution in [2.24, 2.45) is 0 Å². The summed E-state index contributed by atoms with van der Waals surface area (Å²) >= 11 is 0. The van der Waals surface area contributed by atoms with Crippen molar-refractivity contribution in [1.29, 1.82) is 0 Å². The van der Waals surface area contributed by atoms with Crippen LogP contribution in [0.2, 0.25) is 0 Å². The molecule has 1 aliphatic heterocycles. The third kappa shape index (κ3) is 4.56. The maximum Gasteiger partial charge on any atom is 0.228 e. The monoisotopic (exact) mass is 338 g/mol. The van der Waals surface area contributed by atoms with Gasteiger partial charge in [0.25, 0.3) is 0 Å². The van der Waals surface area contributed by atoms with Gasteiger partial charge in [-0.15, -0.1) is 0 Å². The SMILES string of the molecule is CC(=O)N1CCN(c2ccc(NC(=O)Cc3ccccc3)cn2)CC1. The summed E-state index contributed by atoms with van der Waals surface area (Å²) in [5, 5.41) is 2.87. The Balaban J connectivity index is 1.54.